The lowest BCUT2D eigenvalue weighted by Crippen LogP contribution is -2.77. The molecule has 1 N–H and O–H groups in total. The number of nitrogens with zero attached hydrogens (tertiary/aromatic N) is 1. The molecule has 170 valence electrons. The number of ether oxygens (including phenoxy) is 2. The SMILES string of the molecule is C=C(C)CN1CC[C@]23c4c5ccc(OC)c4OC2C(=O)C(=Cc2ccccc2)C[C@@]3(O)C1C5. The van der Waals surface area contributed by atoms with E-state index >= 15 is 0 Å². The Morgan fingerprint density at radius 3 is 2.82 bits per heavy atom. The highest BCUT2D eigenvalue weighted by Gasteiger charge is 2.74. The van der Waals surface area contributed by atoms with E-state index in [4.69, 9.17) is 9.47 Å². The van der Waals surface area contributed by atoms with E-state index in [1.165, 1.54) is 0 Å². The molecule has 2 aromatic rings. The molecular weight excluding hydrogens is 414 g/mol. The van der Waals surface area contributed by atoms with E-state index in [0.717, 1.165) is 35.4 Å². The summed E-state index contributed by atoms with van der Waals surface area (Å²) in [6.45, 7) is 7.68. The topological polar surface area (TPSA) is 59.0 Å². The monoisotopic (exact) mass is 443 g/mol. The molecule has 1 saturated heterocycles. The maximum Gasteiger partial charge on any atom is 0.200 e. The number of likely N-dealkylation sites (tertiary alicyclic amines) is 1. The highest BCUT2D eigenvalue weighted by Crippen LogP contribution is 2.65. The maximum atomic E-state index is 13.9. The van der Waals surface area contributed by atoms with Crippen LogP contribution in [-0.4, -0.2) is 53.7 Å². The highest BCUT2D eigenvalue weighted by molar-refractivity contribution is 6.06. The molecule has 5 heteroatoms. The van der Waals surface area contributed by atoms with Crippen LogP contribution in [0.3, 0.4) is 0 Å². The Kier molecular flexibility index (Phi) is 4.42. The number of piperidine rings is 1. The van der Waals surface area contributed by atoms with E-state index < -0.39 is 17.1 Å². The molecule has 0 radical (unpaired) electrons. The third kappa shape index (κ3) is 2.63. The molecule has 33 heavy (non-hydrogen) atoms. The van der Waals surface area contributed by atoms with Crippen molar-refractivity contribution in [2.45, 2.75) is 49.3 Å². The molecule has 0 amide bonds. The van der Waals surface area contributed by atoms with Gasteiger partial charge in [-0.05, 0) is 43.0 Å². The first-order valence-corrected chi connectivity index (χ1v) is 11.7. The molecule has 5 nitrogen and oxygen atoms in total. The number of hydrogen-bond acceptors (Lipinski definition) is 5. The molecule has 2 aliphatic carbocycles. The average Bonchev–Trinajstić information content (AvgIpc) is 3.14. The number of benzene rings is 2. The van der Waals surface area contributed by atoms with Gasteiger partial charge in [-0.3, -0.25) is 9.69 Å². The number of Topliss-reactive ketones (excluding diaryl/α,β-unsaturated/α-hetero) is 1. The molecule has 2 unspecified atom stereocenters. The second-order valence-corrected chi connectivity index (χ2v) is 10.0. The Morgan fingerprint density at radius 2 is 2.09 bits per heavy atom. The van der Waals surface area contributed by atoms with Gasteiger partial charge < -0.3 is 14.6 Å². The van der Waals surface area contributed by atoms with Crippen molar-refractivity contribution >= 4 is 11.9 Å². The van der Waals surface area contributed by atoms with Crippen LogP contribution in [0.5, 0.6) is 11.5 Å². The summed E-state index contributed by atoms with van der Waals surface area (Å²) < 4.78 is 12.1. The first-order valence-electron chi connectivity index (χ1n) is 11.7. The zero-order valence-corrected chi connectivity index (χ0v) is 19.1. The molecule has 2 aliphatic heterocycles. The lowest BCUT2D eigenvalue weighted by Gasteiger charge is -2.62. The minimum atomic E-state index is -1.12. The zero-order chi connectivity index (χ0) is 23.0. The van der Waals surface area contributed by atoms with Gasteiger partial charge in [0.2, 0.25) is 0 Å². The van der Waals surface area contributed by atoms with Gasteiger partial charge in [-0.1, -0.05) is 48.6 Å². The van der Waals surface area contributed by atoms with E-state index in [1.54, 1.807) is 7.11 Å². The molecule has 2 fully saturated rings. The van der Waals surface area contributed by atoms with Crippen molar-refractivity contribution < 1.29 is 19.4 Å². The van der Waals surface area contributed by atoms with Crippen LogP contribution in [0.15, 0.2) is 60.2 Å². The molecule has 2 heterocycles. The largest absolute Gasteiger partial charge is 0.493 e. The van der Waals surface area contributed by atoms with Crippen LogP contribution in [0.4, 0.5) is 0 Å². The molecule has 2 bridgehead atoms. The van der Waals surface area contributed by atoms with Crippen molar-refractivity contribution in [3.8, 4) is 11.5 Å². The van der Waals surface area contributed by atoms with Crippen molar-refractivity contribution in [3.63, 3.8) is 0 Å². The second kappa shape index (κ2) is 7.05. The maximum absolute atomic E-state index is 13.9. The Hall–Kier alpha value is -2.89. The van der Waals surface area contributed by atoms with Crippen LogP contribution >= 0.6 is 0 Å². The number of methoxy groups -OCH3 is 1. The van der Waals surface area contributed by atoms with Gasteiger partial charge in [-0.2, -0.15) is 0 Å². The Balaban J connectivity index is 1.57. The fraction of sp³-hybridized carbons (Fsp3) is 0.393. The number of rotatable bonds is 4. The molecule has 2 aromatic carbocycles. The number of carbonyl (C=O) groups excluding carboxylic acids is 1. The van der Waals surface area contributed by atoms with E-state index in [-0.39, 0.29) is 11.8 Å². The summed E-state index contributed by atoms with van der Waals surface area (Å²) in [6.07, 6.45) is 2.86. The van der Waals surface area contributed by atoms with Gasteiger partial charge in [0.25, 0.3) is 0 Å². The molecule has 6 rings (SSSR count). The Morgan fingerprint density at radius 1 is 1.30 bits per heavy atom. The fourth-order valence-electron chi connectivity index (χ4n) is 6.90. The minimum absolute atomic E-state index is 0.0262. The van der Waals surface area contributed by atoms with Crippen LogP contribution in [0.1, 0.15) is 36.5 Å². The van der Waals surface area contributed by atoms with Gasteiger partial charge in [0.05, 0.1) is 18.1 Å². The normalized spacial score (nSPS) is 32.9. The first-order chi connectivity index (χ1) is 15.9. The van der Waals surface area contributed by atoms with Crippen molar-refractivity contribution in [1.82, 2.24) is 4.90 Å². The quantitative estimate of drug-likeness (QED) is 0.577. The van der Waals surface area contributed by atoms with Crippen molar-refractivity contribution in [1.29, 1.82) is 0 Å². The van der Waals surface area contributed by atoms with E-state index in [0.29, 0.717) is 36.3 Å². The summed E-state index contributed by atoms with van der Waals surface area (Å²) in [6, 6.07) is 13.7. The van der Waals surface area contributed by atoms with Gasteiger partial charge in [0, 0.05) is 36.7 Å². The summed E-state index contributed by atoms with van der Waals surface area (Å²) in [5, 5.41) is 12.6. The van der Waals surface area contributed by atoms with E-state index in [1.807, 2.05) is 49.4 Å². The van der Waals surface area contributed by atoms with Gasteiger partial charge in [0.1, 0.15) is 0 Å². The Bertz CT molecular complexity index is 1200. The molecule has 4 atom stereocenters. The fourth-order valence-corrected chi connectivity index (χ4v) is 6.90. The number of carbonyl (C=O) groups is 1. The Labute approximate surface area is 194 Å². The standard InChI is InChI=1S/C28H29NO4/c1-17(2)16-29-12-11-27-23-19-9-10-21(32-3)25(23)33-26(27)24(30)20(13-18-7-5-4-6-8-18)15-28(27,31)22(29)14-19/h4-10,13,22,26,31H,1,11-12,14-16H2,2-3H3/t22?,26?,27-,28+/m0/s1. The number of hydrogen-bond donors (Lipinski definition) is 1. The van der Waals surface area contributed by atoms with Gasteiger partial charge in [0.15, 0.2) is 23.4 Å². The van der Waals surface area contributed by atoms with Crippen molar-refractivity contribution in [2.24, 2.45) is 0 Å². The van der Waals surface area contributed by atoms with Crippen molar-refractivity contribution in [3.05, 3.63) is 76.9 Å². The van der Waals surface area contributed by atoms with Gasteiger partial charge in [-0.15, -0.1) is 0 Å². The lowest BCUT2D eigenvalue weighted by atomic mass is 9.48. The summed E-state index contributed by atoms with van der Waals surface area (Å²) in [5.74, 6) is 1.24. The molecule has 1 saturated carbocycles. The first kappa shape index (κ1) is 20.7. The average molecular weight is 444 g/mol. The van der Waals surface area contributed by atoms with Crippen LogP contribution < -0.4 is 9.47 Å². The summed E-state index contributed by atoms with van der Waals surface area (Å²) in [7, 11) is 1.62. The van der Waals surface area contributed by atoms with E-state index in [2.05, 4.69) is 17.5 Å². The van der Waals surface area contributed by atoms with Crippen LogP contribution in [0.25, 0.3) is 6.08 Å². The van der Waals surface area contributed by atoms with Crippen molar-refractivity contribution in [2.75, 3.05) is 20.2 Å². The van der Waals surface area contributed by atoms with Crippen LogP contribution in [0, 0.1) is 0 Å². The third-order valence-electron chi connectivity index (χ3n) is 8.16. The highest BCUT2D eigenvalue weighted by atomic mass is 16.5. The predicted molar refractivity (Wildman–Crippen MR) is 127 cm³/mol. The summed E-state index contributed by atoms with van der Waals surface area (Å²) in [4.78, 5) is 16.2. The smallest absolute Gasteiger partial charge is 0.200 e. The van der Waals surface area contributed by atoms with Gasteiger partial charge >= 0.3 is 0 Å². The zero-order valence-electron chi connectivity index (χ0n) is 19.1. The molecule has 1 spiro atoms. The summed E-state index contributed by atoms with van der Waals surface area (Å²) >= 11 is 0. The lowest BCUT2D eigenvalue weighted by molar-refractivity contribution is -0.178. The number of aliphatic hydroxyl groups is 1. The molecule has 4 aliphatic rings. The molecular formula is C28H29NO4. The van der Waals surface area contributed by atoms with Gasteiger partial charge in [-0.25, -0.2) is 0 Å². The third-order valence-corrected chi connectivity index (χ3v) is 8.16. The molecule has 0 aromatic heterocycles. The van der Waals surface area contributed by atoms with Crippen LogP contribution in [0.2, 0.25) is 0 Å². The number of ketones is 1. The summed E-state index contributed by atoms with van der Waals surface area (Å²) in [5.41, 5.74) is 2.92. The van der Waals surface area contributed by atoms with E-state index in [9.17, 15) is 9.90 Å². The second-order valence-electron chi connectivity index (χ2n) is 10.0. The minimum Gasteiger partial charge on any atom is -0.493 e. The predicted octanol–water partition coefficient (Wildman–Crippen LogP) is 3.69. The van der Waals surface area contributed by atoms with Crippen LogP contribution in [-0.2, 0) is 16.6 Å².